The summed E-state index contributed by atoms with van der Waals surface area (Å²) in [6, 6.07) is 26.7. The maximum atomic E-state index is 6.22. The van der Waals surface area contributed by atoms with Crippen molar-refractivity contribution in [2.24, 2.45) is 4.99 Å². The summed E-state index contributed by atoms with van der Waals surface area (Å²) >= 11 is 1.72. The van der Waals surface area contributed by atoms with Gasteiger partial charge in [-0.15, -0.1) is 0 Å². The molecule has 0 bridgehead atoms. The van der Waals surface area contributed by atoms with Crippen molar-refractivity contribution in [1.29, 1.82) is 0 Å². The number of nitrogens with zero attached hydrogens (tertiary/aromatic N) is 1. The van der Waals surface area contributed by atoms with Crippen LogP contribution in [0.25, 0.3) is 15.9 Å². The second-order valence-electron chi connectivity index (χ2n) is 5.65. The molecule has 0 atom stereocenters. The molecule has 114 valence electrons. The van der Waals surface area contributed by atoms with Crippen LogP contribution in [0.5, 0.6) is 0 Å². The molecule has 0 spiro atoms. The van der Waals surface area contributed by atoms with Crippen molar-refractivity contribution in [3.63, 3.8) is 0 Å². The number of furan rings is 1. The van der Waals surface area contributed by atoms with Gasteiger partial charge in [-0.3, -0.25) is 0 Å². The number of thioether (sulfide) groups is 1. The van der Waals surface area contributed by atoms with Gasteiger partial charge in [0, 0.05) is 10.3 Å². The predicted octanol–water partition coefficient (Wildman–Crippen LogP) is 4.65. The van der Waals surface area contributed by atoms with E-state index in [0.717, 1.165) is 42.8 Å². The van der Waals surface area contributed by atoms with Crippen LogP contribution in [0.4, 0.5) is 5.69 Å². The van der Waals surface area contributed by atoms with Crippen molar-refractivity contribution in [3.8, 4) is 0 Å². The number of hydrogen-bond donors (Lipinski definition) is 0. The average Bonchev–Trinajstić information content (AvgIpc) is 2.91. The highest BCUT2D eigenvalue weighted by Crippen LogP contribution is 2.38. The van der Waals surface area contributed by atoms with Crippen LogP contribution in [0.2, 0.25) is 0 Å². The first kappa shape index (κ1) is 13.6. The standard InChI is InChI=1S/C21H13NOS/c1-2-8-14(9-3-1)21-20-19(15-10-4-6-12-17(15)23-20)22-16-11-5-7-13-18(16)24-21/h1-13H. The molecule has 2 heterocycles. The van der Waals surface area contributed by atoms with Crippen LogP contribution in [0, 0.1) is 0 Å². The minimum Gasteiger partial charge on any atom is -0.453 e. The van der Waals surface area contributed by atoms with Crippen LogP contribution in [0.3, 0.4) is 0 Å². The number of hydrogen-bond acceptors (Lipinski definition) is 3. The van der Waals surface area contributed by atoms with Crippen molar-refractivity contribution in [2.45, 2.75) is 4.90 Å². The molecule has 0 N–H and O–H groups in total. The highest BCUT2D eigenvalue weighted by molar-refractivity contribution is 8.08. The van der Waals surface area contributed by atoms with E-state index in [1.54, 1.807) is 11.8 Å². The zero-order chi connectivity index (χ0) is 15.9. The topological polar surface area (TPSA) is 25.5 Å². The summed E-state index contributed by atoms with van der Waals surface area (Å²) in [5.41, 5.74) is 3.86. The Morgan fingerprint density at radius 2 is 1.50 bits per heavy atom. The van der Waals surface area contributed by atoms with Gasteiger partial charge in [0.15, 0.2) is 5.42 Å². The van der Waals surface area contributed by atoms with Crippen LogP contribution in [-0.2, 0) is 0 Å². The van der Waals surface area contributed by atoms with Gasteiger partial charge in [0.2, 0.25) is 0 Å². The first-order chi connectivity index (χ1) is 11.9. The van der Waals surface area contributed by atoms with Crippen LogP contribution < -0.4 is 10.8 Å². The summed E-state index contributed by atoms with van der Waals surface area (Å²) in [5, 5.41) is 1.97. The van der Waals surface area contributed by atoms with E-state index in [1.165, 1.54) is 0 Å². The molecule has 1 aliphatic heterocycles. The molecule has 0 saturated carbocycles. The Morgan fingerprint density at radius 1 is 0.750 bits per heavy atom. The highest BCUT2D eigenvalue weighted by atomic mass is 32.2. The van der Waals surface area contributed by atoms with Crippen molar-refractivity contribution in [1.82, 2.24) is 0 Å². The Bertz CT molecular complexity index is 1180. The van der Waals surface area contributed by atoms with Crippen molar-refractivity contribution in [2.75, 3.05) is 0 Å². The molecule has 0 aliphatic carbocycles. The second kappa shape index (κ2) is 5.39. The molecule has 0 amide bonds. The molecule has 0 saturated heterocycles. The van der Waals surface area contributed by atoms with Gasteiger partial charge in [-0.2, -0.15) is 0 Å². The fraction of sp³-hybridized carbons (Fsp3) is 0. The number of fused-ring (bicyclic) bond motifs is 4. The monoisotopic (exact) mass is 327 g/mol. The van der Waals surface area contributed by atoms with E-state index < -0.39 is 0 Å². The fourth-order valence-electron chi connectivity index (χ4n) is 2.99. The van der Waals surface area contributed by atoms with Crippen molar-refractivity contribution >= 4 is 33.3 Å². The van der Waals surface area contributed by atoms with Gasteiger partial charge in [0.1, 0.15) is 10.9 Å². The van der Waals surface area contributed by atoms with E-state index in [9.17, 15) is 0 Å². The van der Waals surface area contributed by atoms with Crippen molar-refractivity contribution in [3.05, 3.63) is 95.2 Å². The lowest BCUT2D eigenvalue weighted by Crippen LogP contribution is -2.22. The van der Waals surface area contributed by atoms with Gasteiger partial charge in [0.05, 0.1) is 10.6 Å². The maximum Gasteiger partial charge on any atom is 0.168 e. The first-order valence-corrected chi connectivity index (χ1v) is 8.65. The molecule has 3 heteroatoms. The Morgan fingerprint density at radius 3 is 2.42 bits per heavy atom. The average molecular weight is 327 g/mol. The van der Waals surface area contributed by atoms with Crippen molar-refractivity contribution < 1.29 is 4.42 Å². The second-order valence-corrected chi connectivity index (χ2v) is 6.70. The summed E-state index contributed by atoms with van der Waals surface area (Å²) in [7, 11) is 0. The molecule has 2 nitrogen and oxygen atoms in total. The van der Waals surface area contributed by atoms with Gasteiger partial charge in [-0.25, -0.2) is 4.99 Å². The fourth-order valence-corrected chi connectivity index (χ4v) is 4.06. The highest BCUT2D eigenvalue weighted by Gasteiger charge is 2.17. The van der Waals surface area contributed by atoms with Gasteiger partial charge in [0.25, 0.3) is 0 Å². The number of benzene rings is 3. The summed E-state index contributed by atoms with van der Waals surface area (Å²) in [6.45, 7) is 0. The van der Waals surface area contributed by atoms with Crippen LogP contribution >= 0.6 is 11.8 Å². The quantitative estimate of drug-likeness (QED) is 0.509. The normalized spacial score (nSPS) is 13.1. The number of rotatable bonds is 1. The van der Waals surface area contributed by atoms with Gasteiger partial charge < -0.3 is 4.42 Å². The molecular weight excluding hydrogens is 314 g/mol. The third-order valence-corrected chi connectivity index (χ3v) is 5.31. The summed E-state index contributed by atoms with van der Waals surface area (Å²) in [6.07, 6.45) is 0. The number of para-hydroxylation sites is 2. The van der Waals surface area contributed by atoms with Crippen LogP contribution in [0.15, 0.2) is 93.2 Å². The largest absolute Gasteiger partial charge is 0.453 e. The van der Waals surface area contributed by atoms with E-state index in [0.29, 0.717) is 0 Å². The zero-order valence-corrected chi connectivity index (χ0v) is 13.6. The van der Waals surface area contributed by atoms with E-state index in [1.807, 2.05) is 30.3 Å². The minimum atomic E-state index is 0.851. The summed E-state index contributed by atoms with van der Waals surface area (Å²) in [5.74, 6) is 0. The van der Waals surface area contributed by atoms with Gasteiger partial charge in [-0.1, -0.05) is 66.4 Å². The summed E-state index contributed by atoms with van der Waals surface area (Å²) in [4.78, 5) is 7.18. The lowest BCUT2D eigenvalue weighted by atomic mass is 10.2. The SMILES string of the molecule is c1ccc(C2=c3oc4ccccc4c3=Nc3ccccc3S2)cc1. The first-order valence-electron chi connectivity index (χ1n) is 7.83. The van der Waals surface area contributed by atoms with E-state index in [-0.39, 0.29) is 0 Å². The molecule has 24 heavy (non-hydrogen) atoms. The third kappa shape index (κ3) is 2.09. The van der Waals surface area contributed by atoms with E-state index in [4.69, 9.17) is 9.41 Å². The van der Waals surface area contributed by atoms with Gasteiger partial charge >= 0.3 is 0 Å². The third-order valence-electron chi connectivity index (χ3n) is 4.12. The molecule has 3 aromatic carbocycles. The van der Waals surface area contributed by atoms with E-state index >= 15 is 0 Å². The Hall–Kier alpha value is -2.78. The smallest absolute Gasteiger partial charge is 0.168 e. The zero-order valence-electron chi connectivity index (χ0n) is 12.8. The van der Waals surface area contributed by atoms with Crippen LogP contribution in [-0.4, -0.2) is 0 Å². The maximum absolute atomic E-state index is 6.22. The Balaban J connectivity index is 1.97. The van der Waals surface area contributed by atoms with Crippen LogP contribution in [0.1, 0.15) is 5.56 Å². The molecular formula is C21H13NOS. The van der Waals surface area contributed by atoms with E-state index in [2.05, 4.69) is 48.5 Å². The molecule has 0 fully saturated rings. The van der Waals surface area contributed by atoms with Gasteiger partial charge in [-0.05, 0) is 29.8 Å². The minimum absolute atomic E-state index is 0.851. The Kier molecular flexibility index (Phi) is 3.06. The Labute approximate surface area is 143 Å². The molecule has 0 unspecified atom stereocenters. The lowest BCUT2D eigenvalue weighted by Gasteiger charge is -2.06. The predicted molar refractivity (Wildman–Crippen MR) is 97.9 cm³/mol. The molecule has 1 aromatic heterocycles. The molecule has 5 rings (SSSR count). The lowest BCUT2D eigenvalue weighted by molar-refractivity contribution is 0.572. The molecule has 1 aliphatic rings. The molecule has 4 aromatic rings. The summed E-state index contributed by atoms with van der Waals surface area (Å²) < 4.78 is 6.22. The molecule has 0 radical (unpaired) electrons.